The average molecular weight is 836 g/mol. The number of amides is 1. The Morgan fingerprint density at radius 2 is 0.695 bits per heavy atom. The van der Waals surface area contributed by atoms with E-state index < -0.39 is 36.9 Å². The highest BCUT2D eigenvalue weighted by Crippen LogP contribution is 2.18. The van der Waals surface area contributed by atoms with Crippen molar-refractivity contribution in [3.05, 3.63) is 12.2 Å². The number of allylic oxidation sites excluding steroid dienone is 2. The van der Waals surface area contributed by atoms with E-state index in [4.69, 9.17) is 0 Å². The van der Waals surface area contributed by atoms with Gasteiger partial charge in [-0.15, -0.1) is 0 Å². The molecule has 1 amide bonds. The molecular formula is C53H105NO5. The average Bonchev–Trinajstić information content (AvgIpc) is 3.24. The molecule has 0 heterocycles. The molecule has 5 N–H and O–H groups in total. The highest BCUT2D eigenvalue weighted by Gasteiger charge is 2.28. The maximum atomic E-state index is 12.6. The number of hydrogen-bond acceptors (Lipinski definition) is 5. The Bertz CT molecular complexity index is 852. The van der Waals surface area contributed by atoms with Crippen molar-refractivity contribution >= 4 is 5.91 Å². The van der Waals surface area contributed by atoms with Gasteiger partial charge in [0.2, 0.25) is 5.91 Å². The van der Waals surface area contributed by atoms with Crippen molar-refractivity contribution in [1.82, 2.24) is 5.32 Å². The maximum absolute atomic E-state index is 12.6. The van der Waals surface area contributed by atoms with Gasteiger partial charge in [0.05, 0.1) is 18.8 Å². The molecule has 0 aromatic carbocycles. The third kappa shape index (κ3) is 42.1. The van der Waals surface area contributed by atoms with Gasteiger partial charge in [-0.2, -0.15) is 0 Å². The Morgan fingerprint density at radius 1 is 0.407 bits per heavy atom. The van der Waals surface area contributed by atoms with E-state index in [9.17, 15) is 25.2 Å². The Morgan fingerprint density at radius 3 is 1.02 bits per heavy atom. The van der Waals surface area contributed by atoms with E-state index in [1.54, 1.807) is 0 Å². The van der Waals surface area contributed by atoms with Crippen LogP contribution in [0.3, 0.4) is 0 Å². The number of unbranched alkanes of at least 4 members (excludes halogenated alkanes) is 38. The zero-order valence-corrected chi connectivity index (χ0v) is 39.8. The lowest BCUT2D eigenvalue weighted by molar-refractivity contribution is -0.132. The highest BCUT2D eigenvalue weighted by atomic mass is 16.3. The van der Waals surface area contributed by atoms with Crippen molar-refractivity contribution in [2.75, 3.05) is 6.61 Å². The van der Waals surface area contributed by atoms with Crippen molar-refractivity contribution < 1.29 is 25.2 Å². The molecule has 0 saturated heterocycles. The predicted octanol–water partition coefficient (Wildman–Crippen LogP) is 14.9. The van der Waals surface area contributed by atoms with Gasteiger partial charge in [0.25, 0.3) is 0 Å². The van der Waals surface area contributed by atoms with Crippen LogP contribution < -0.4 is 5.32 Å². The topological polar surface area (TPSA) is 110 Å². The van der Waals surface area contributed by atoms with Crippen LogP contribution in [0.5, 0.6) is 0 Å². The Balaban J connectivity index is 3.62. The van der Waals surface area contributed by atoms with E-state index in [2.05, 4.69) is 31.3 Å². The van der Waals surface area contributed by atoms with Gasteiger partial charge >= 0.3 is 0 Å². The van der Waals surface area contributed by atoms with Crippen LogP contribution in [0, 0.1) is 0 Å². The molecule has 6 nitrogen and oxygen atoms in total. The van der Waals surface area contributed by atoms with Crippen LogP contribution >= 0.6 is 0 Å². The largest absolute Gasteiger partial charge is 0.394 e. The molecule has 0 radical (unpaired) electrons. The lowest BCUT2D eigenvalue weighted by Crippen LogP contribution is -2.53. The number of hydrogen-bond donors (Lipinski definition) is 5. The molecule has 0 aliphatic rings. The molecule has 0 bridgehead atoms. The molecule has 4 unspecified atom stereocenters. The lowest BCUT2D eigenvalue weighted by atomic mass is 10.00. The van der Waals surface area contributed by atoms with E-state index in [0.29, 0.717) is 12.8 Å². The molecule has 0 aliphatic carbocycles. The number of carbonyl (C=O) groups is 1. The first-order valence-electron chi connectivity index (χ1n) is 26.6. The fraction of sp³-hybridized carbons (Fsp3) is 0.943. The van der Waals surface area contributed by atoms with Gasteiger partial charge in [-0.25, -0.2) is 0 Å². The van der Waals surface area contributed by atoms with Crippen LogP contribution in [-0.4, -0.2) is 57.3 Å². The molecule has 0 saturated carbocycles. The summed E-state index contributed by atoms with van der Waals surface area (Å²) in [6, 6.07) is -0.998. The summed E-state index contributed by atoms with van der Waals surface area (Å²) in [5.41, 5.74) is 0. The predicted molar refractivity (Wildman–Crippen MR) is 256 cm³/mol. The van der Waals surface area contributed by atoms with Crippen LogP contribution in [0.1, 0.15) is 290 Å². The molecule has 59 heavy (non-hydrogen) atoms. The van der Waals surface area contributed by atoms with Crippen molar-refractivity contribution in [3.63, 3.8) is 0 Å². The first kappa shape index (κ1) is 58.0. The van der Waals surface area contributed by atoms with Gasteiger partial charge in [0.15, 0.2) is 0 Å². The summed E-state index contributed by atoms with van der Waals surface area (Å²) in [6.45, 7) is 4.07. The summed E-state index contributed by atoms with van der Waals surface area (Å²) in [5.74, 6) is -0.587. The fourth-order valence-corrected chi connectivity index (χ4v) is 8.53. The van der Waals surface area contributed by atoms with Crippen molar-refractivity contribution in [1.29, 1.82) is 0 Å². The third-order valence-electron chi connectivity index (χ3n) is 12.7. The summed E-state index contributed by atoms with van der Waals surface area (Å²) in [5, 5.41) is 43.9. The fourth-order valence-electron chi connectivity index (χ4n) is 8.53. The zero-order chi connectivity index (χ0) is 43.1. The van der Waals surface area contributed by atoms with E-state index in [1.807, 2.05) is 0 Å². The third-order valence-corrected chi connectivity index (χ3v) is 12.7. The van der Waals surface area contributed by atoms with E-state index in [-0.39, 0.29) is 0 Å². The monoisotopic (exact) mass is 836 g/mol. The van der Waals surface area contributed by atoms with Crippen molar-refractivity contribution in [2.24, 2.45) is 0 Å². The molecule has 6 heteroatoms. The maximum Gasteiger partial charge on any atom is 0.249 e. The van der Waals surface area contributed by atoms with Crippen LogP contribution in [0.15, 0.2) is 12.2 Å². The number of rotatable bonds is 49. The van der Waals surface area contributed by atoms with Crippen molar-refractivity contribution in [3.8, 4) is 0 Å². The van der Waals surface area contributed by atoms with Gasteiger partial charge in [0.1, 0.15) is 12.2 Å². The Hall–Kier alpha value is -0.950. The second kappa shape index (κ2) is 48.1. The van der Waals surface area contributed by atoms with Gasteiger partial charge in [0, 0.05) is 0 Å². The number of nitrogens with one attached hydrogen (secondary N) is 1. The summed E-state index contributed by atoms with van der Waals surface area (Å²) < 4.78 is 0. The van der Waals surface area contributed by atoms with Crippen molar-refractivity contribution in [2.45, 2.75) is 314 Å². The summed E-state index contributed by atoms with van der Waals surface area (Å²) >= 11 is 0. The van der Waals surface area contributed by atoms with Crippen LogP contribution in [0.4, 0.5) is 0 Å². The second-order valence-electron chi connectivity index (χ2n) is 18.6. The molecule has 0 aromatic rings. The van der Waals surface area contributed by atoms with Gasteiger partial charge in [-0.3, -0.25) is 4.79 Å². The Kier molecular flexibility index (Phi) is 47.3. The SMILES string of the molecule is CCCCCCCCCCCCCC/C=C/CCCC(O)C(O)C(CO)NC(=O)C(O)CCCCCCCCCCCCCCCCCCCCCCCCCCCC. The minimum Gasteiger partial charge on any atom is -0.394 e. The minimum absolute atomic E-state index is 0.369. The zero-order valence-electron chi connectivity index (χ0n) is 39.8. The highest BCUT2D eigenvalue weighted by molar-refractivity contribution is 5.80. The number of aliphatic hydroxyl groups is 4. The second-order valence-corrected chi connectivity index (χ2v) is 18.6. The minimum atomic E-state index is -1.28. The number of aliphatic hydroxyl groups excluding tert-OH is 4. The molecule has 0 rings (SSSR count). The normalized spacial score (nSPS) is 13.9. The summed E-state index contributed by atoms with van der Waals surface area (Å²) in [7, 11) is 0. The first-order valence-corrected chi connectivity index (χ1v) is 26.6. The molecular weight excluding hydrogens is 731 g/mol. The van der Waals surface area contributed by atoms with Gasteiger partial charge in [-0.1, -0.05) is 264 Å². The quantitative estimate of drug-likeness (QED) is 0.0310. The Labute approximate surface area is 368 Å². The van der Waals surface area contributed by atoms with Gasteiger partial charge in [-0.05, 0) is 38.5 Å². The number of carbonyl (C=O) groups excluding carboxylic acids is 1. The molecule has 0 aliphatic heterocycles. The van der Waals surface area contributed by atoms with E-state index in [1.165, 1.54) is 225 Å². The molecule has 0 aromatic heterocycles. The van der Waals surface area contributed by atoms with E-state index >= 15 is 0 Å². The summed E-state index contributed by atoms with van der Waals surface area (Å²) in [6.07, 6.45) is 55.6. The lowest BCUT2D eigenvalue weighted by Gasteiger charge is -2.27. The standard InChI is InChI=1S/C53H105NO5/c1-3-5-7-9-11-13-15-17-19-21-22-23-24-25-26-27-28-29-31-33-35-37-39-41-43-45-47-51(57)53(59)54-49(48-55)52(58)50(56)46-44-42-40-38-36-34-32-30-20-18-16-14-12-10-8-6-4-2/h38,40,49-52,55-58H,3-37,39,41-48H2,1-2H3,(H,54,59)/b40-38+. The van der Waals surface area contributed by atoms with Crippen LogP contribution in [0.2, 0.25) is 0 Å². The summed E-state index contributed by atoms with van der Waals surface area (Å²) in [4.78, 5) is 12.6. The van der Waals surface area contributed by atoms with E-state index in [0.717, 1.165) is 38.5 Å². The molecule has 0 spiro atoms. The molecule has 0 fully saturated rings. The van der Waals surface area contributed by atoms with Gasteiger partial charge < -0.3 is 25.7 Å². The first-order chi connectivity index (χ1) is 29.0. The van der Waals surface area contributed by atoms with Crippen LogP contribution in [0.25, 0.3) is 0 Å². The smallest absolute Gasteiger partial charge is 0.249 e. The van der Waals surface area contributed by atoms with Crippen LogP contribution in [-0.2, 0) is 4.79 Å². The molecule has 4 atom stereocenters. The molecule has 352 valence electrons.